The molecule has 1 aliphatic carbocycles. The molecule has 1 rings (SSSR count). The van der Waals surface area contributed by atoms with Gasteiger partial charge in [0.25, 0.3) is 0 Å². The molecule has 0 saturated heterocycles. The quantitative estimate of drug-likeness (QED) is 0.593. The van der Waals surface area contributed by atoms with E-state index in [1.54, 1.807) is 0 Å². The van der Waals surface area contributed by atoms with Crippen molar-refractivity contribution in [3.8, 4) is 0 Å². The summed E-state index contributed by atoms with van der Waals surface area (Å²) in [6.07, 6.45) is 4.96. The van der Waals surface area contributed by atoms with Crippen LogP contribution in [0.4, 0.5) is 0 Å². The summed E-state index contributed by atoms with van der Waals surface area (Å²) < 4.78 is 0. The number of hydrogen-bond acceptors (Lipinski definition) is 1. The molecule has 58 valence electrons. The SMILES string of the molecule is C=C(C)CCC(N)C1CC1. The fraction of sp³-hybridized carbons (Fsp3) is 0.778. The van der Waals surface area contributed by atoms with Crippen LogP contribution in [0.2, 0.25) is 0 Å². The van der Waals surface area contributed by atoms with E-state index in [2.05, 4.69) is 13.5 Å². The molecule has 0 radical (unpaired) electrons. The van der Waals surface area contributed by atoms with E-state index >= 15 is 0 Å². The molecule has 0 aromatic carbocycles. The van der Waals surface area contributed by atoms with Crippen LogP contribution >= 0.6 is 0 Å². The molecular formula is C9H17N. The highest BCUT2D eigenvalue weighted by molar-refractivity contribution is 4.92. The van der Waals surface area contributed by atoms with Gasteiger partial charge in [-0.15, -0.1) is 6.58 Å². The molecular weight excluding hydrogens is 122 g/mol. The van der Waals surface area contributed by atoms with Gasteiger partial charge < -0.3 is 5.73 Å². The number of rotatable bonds is 4. The van der Waals surface area contributed by atoms with Gasteiger partial charge in [0.15, 0.2) is 0 Å². The summed E-state index contributed by atoms with van der Waals surface area (Å²) in [6.45, 7) is 5.92. The fourth-order valence-electron chi connectivity index (χ4n) is 1.17. The molecule has 1 heteroatoms. The van der Waals surface area contributed by atoms with Crippen LogP contribution in [0.1, 0.15) is 32.6 Å². The van der Waals surface area contributed by atoms with Crippen molar-refractivity contribution in [1.82, 2.24) is 0 Å². The van der Waals surface area contributed by atoms with Gasteiger partial charge in [-0.2, -0.15) is 0 Å². The predicted molar refractivity (Wildman–Crippen MR) is 44.7 cm³/mol. The molecule has 0 bridgehead atoms. The summed E-state index contributed by atoms with van der Waals surface area (Å²) in [6, 6.07) is 0.455. The van der Waals surface area contributed by atoms with Crippen molar-refractivity contribution < 1.29 is 0 Å². The van der Waals surface area contributed by atoms with Crippen molar-refractivity contribution in [3.05, 3.63) is 12.2 Å². The largest absolute Gasteiger partial charge is 0.327 e. The Morgan fingerprint density at radius 3 is 2.70 bits per heavy atom. The molecule has 0 amide bonds. The van der Waals surface area contributed by atoms with Gasteiger partial charge in [0.05, 0.1) is 0 Å². The third-order valence-electron chi connectivity index (χ3n) is 2.13. The summed E-state index contributed by atoms with van der Waals surface area (Å²) in [5.74, 6) is 0.847. The Morgan fingerprint density at radius 2 is 2.30 bits per heavy atom. The molecule has 1 aliphatic rings. The lowest BCUT2D eigenvalue weighted by atomic mass is 10.1. The minimum Gasteiger partial charge on any atom is -0.327 e. The molecule has 1 fully saturated rings. The Morgan fingerprint density at radius 1 is 1.70 bits per heavy atom. The lowest BCUT2D eigenvalue weighted by Crippen LogP contribution is -2.21. The maximum Gasteiger partial charge on any atom is 0.00702 e. The van der Waals surface area contributed by atoms with Gasteiger partial charge in [0.2, 0.25) is 0 Å². The Bertz CT molecular complexity index is 125. The number of allylic oxidation sites excluding steroid dienone is 1. The van der Waals surface area contributed by atoms with E-state index in [0.717, 1.165) is 18.8 Å². The lowest BCUT2D eigenvalue weighted by molar-refractivity contribution is 0.549. The lowest BCUT2D eigenvalue weighted by Gasteiger charge is -2.08. The monoisotopic (exact) mass is 139 g/mol. The van der Waals surface area contributed by atoms with Gasteiger partial charge in [0, 0.05) is 6.04 Å². The topological polar surface area (TPSA) is 26.0 Å². The first-order valence-corrected chi connectivity index (χ1v) is 4.10. The van der Waals surface area contributed by atoms with Crippen LogP contribution in [-0.2, 0) is 0 Å². The summed E-state index contributed by atoms with van der Waals surface area (Å²) >= 11 is 0. The first kappa shape index (κ1) is 7.80. The Balaban J connectivity index is 2.05. The molecule has 1 nitrogen and oxygen atoms in total. The summed E-state index contributed by atoms with van der Waals surface area (Å²) in [5, 5.41) is 0. The van der Waals surface area contributed by atoms with Gasteiger partial charge in [-0.05, 0) is 38.5 Å². The number of nitrogens with two attached hydrogens (primary N) is 1. The zero-order valence-corrected chi connectivity index (χ0v) is 6.77. The van der Waals surface area contributed by atoms with Crippen LogP contribution in [0.3, 0.4) is 0 Å². The van der Waals surface area contributed by atoms with Crippen molar-refractivity contribution in [1.29, 1.82) is 0 Å². The minimum absolute atomic E-state index is 0.455. The van der Waals surface area contributed by atoms with Crippen LogP contribution in [-0.4, -0.2) is 6.04 Å². The maximum absolute atomic E-state index is 5.89. The second-order valence-corrected chi connectivity index (χ2v) is 3.50. The van der Waals surface area contributed by atoms with Crippen LogP contribution in [0.15, 0.2) is 12.2 Å². The Labute approximate surface area is 63.3 Å². The zero-order valence-electron chi connectivity index (χ0n) is 6.77. The summed E-state index contributed by atoms with van der Waals surface area (Å²) in [5.41, 5.74) is 7.15. The Hall–Kier alpha value is -0.300. The summed E-state index contributed by atoms with van der Waals surface area (Å²) in [4.78, 5) is 0. The van der Waals surface area contributed by atoms with Gasteiger partial charge in [-0.1, -0.05) is 5.57 Å². The molecule has 0 aromatic heterocycles. The van der Waals surface area contributed by atoms with E-state index in [0.29, 0.717) is 6.04 Å². The fourth-order valence-corrected chi connectivity index (χ4v) is 1.17. The van der Waals surface area contributed by atoms with E-state index in [4.69, 9.17) is 5.73 Å². The van der Waals surface area contributed by atoms with E-state index in [9.17, 15) is 0 Å². The van der Waals surface area contributed by atoms with Gasteiger partial charge >= 0.3 is 0 Å². The van der Waals surface area contributed by atoms with Crippen LogP contribution in [0.5, 0.6) is 0 Å². The minimum atomic E-state index is 0.455. The van der Waals surface area contributed by atoms with Gasteiger partial charge in [-0.25, -0.2) is 0 Å². The Kier molecular flexibility index (Phi) is 2.50. The summed E-state index contributed by atoms with van der Waals surface area (Å²) in [7, 11) is 0. The van der Waals surface area contributed by atoms with E-state index < -0.39 is 0 Å². The molecule has 2 N–H and O–H groups in total. The molecule has 0 aromatic rings. The van der Waals surface area contributed by atoms with Crippen molar-refractivity contribution >= 4 is 0 Å². The third kappa shape index (κ3) is 2.53. The van der Waals surface area contributed by atoms with Gasteiger partial charge in [-0.3, -0.25) is 0 Å². The van der Waals surface area contributed by atoms with Crippen LogP contribution in [0, 0.1) is 5.92 Å². The second kappa shape index (κ2) is 3.20. The smallest absolute Gasteiger partial charge is 0.00702 e. The van der Waals surface area contributed by atoms with E-state index in [-0.39, 0.29) is 0 Å². The third-order valence-corrected chi connectivity index (χ3v) is 2.13. The molecule has 10 heavy (non-hydrogen) atoms. The molecule has 0 aliphatic heterocycles. The predicted octanol–water partition coefficient (Wildman–Crippen LogP) is 2.08. The molecule has 0 heterocycles. The van der Waals surface area contributed by atoms with Crippen molar-refractivity contribution in [2.75, 3.05) is 0 Å². The van der Waals surface area contributed by atoms with Crippen molar-refractivity contribution in [2.24, 2.45) is 11.7 Å². The van der Waals surface area contributed by atoms with Gasteiger partial charge in [0.1, 0.15) is 0 Å². The highest BCUT2D eigenvalue weighted by Gasteiger charge is 2.27. The molecule has 1 saturated carbocycles. The standard InChI is InChI=1S/C9H17N/c1-7(2)3-6-9(10)8-4-5-8/h8-9H,1,3-6,10H2,2H3. The van der Waals surface area contributed by atoms with Crippen molar-refractivity contribution in [3.63, 3.8) is 0 Å². The van der Waals surface area contributed by atoms with Crippen LogP contribution < -0.4 is 5.73 Å². The number of hydrogen-bond donors (Lipinski definition) is 1. The second-order valence-electron chi connectivity index (χ2n) is 3.50. The first-order valence-electron chi connectivity index (χ1n) is 4.10. The molecule has 1 unspecified atom stereocenters. The van der Waals surface area contributed by atoms with E-state index in [1.807, 2.05) is 0 Å². The normalized spacial score (nSPS) is 20.6. The van der Waals surface area contributed by atoms with E-state index in [1.165, 1.54) is 18.4 Å². The average Bonchev–Trinajstić information content (AvgIpc) is 2.63. The average molecular weight is 139 g/mol. The van der Waals surface area contributed by atoms with Crippen molar-refractivity contribution in [2.45, 2.75) is 38.6 Å². The first-order chi connectivity index (χ1) is 4.70. The van der Waals surface area contributed by atoms with Crippen LogP contribution in [0.25, 0.3) is 0 Å². The highest BCUT2D eigenvalue weighted by atomic mass is 14.7. The maximum atomic E-state index is 5.89. The molecule has 1 atom stereocenters. The zero-order chi connectivity index (χ0) is 7.56. The molecule has 0 spiro atoms. The highest BCUT2D eigenvalue weighted by Crippen LogP contribution is 2.33.